The van der Waals surface area contributed by atoms with Crippen LogP contribution in [0.15, 0.2) is 60.3 Å². The summed E-state index contributed by atoms with van der Waals surface area (Å²) < 4.78 is 38.9. The monoisotopic (exact) mass is 373 g/mol. The zero-order valence-electron chi connectivity index (χ0n) is 14.6. The summed E-state index contributed by atoms with van der Waals surface area (Å²) >= 11 is 0. The first-order chi connectivity index (χ1) is 12.8. The van der Waals surface area contributed by atoms with Crippen molar-refractivity contribution in [2.45, 2.75) is 19.5 Å². The van der Waals surface area contributed by atoms with Crippen molar-refractivity contribution in [2.75, 3.05) is 11.9 Å². The molecule has 2 rings (SSSR count). The number of benzene rings is 2. The number of nitrogens with zero attached hydrogens (tertiary/aromatic N) is 1. The van der Waals surface area contributed by atoms with Crippen LogP contribution in [-0.4, -0.2) is 12.5 Å². The highest BCUT2D eigenvalue weighted by Crippen LogP contribution is 2.34. The molecule has 140 valence electrons. The molecule has 0 aromatic heterocycles. The fourth-order valence-electron chi connectivity index (χ4n) is 2.45. The number of nitrogens with one attached hydrogen (secondary N) is 2. The molecular weight excluding hydrogens is 355 g/mol. The van der Waals surface area contributed by atoms with Gasteiger partial charge >= 0.3 is 6.18 Å². The number of alkyl halides is 3. The second kappa shape index (κ2) is 8.90. The fourth-order valence-corrected chi connectivity index (χ4v) is 2.45. The number of anilines is 1. The van der Waals surface area contributed by atoms with Crippen molar-refractivity contribution in [2.24, 2.45) is 0 Å². The summed E-state index contributed by atoms with van der Waals surface area (Å²) in [6.07, 6.45) is -2.71. The minimum absolute atomic E-state index is 0.309. The molecule has 0 radical (unpaired) electrons. The second-order valence-corrected chi connectivity index (χ2v) is 5.80. The van der Waals surface area contributed by atoms with E-state index in [0.717, 1.165) is 23.3 Å². The summed E-state index contributed by atoms with van der Waals surface area (Å²) in [6.45, 7) is 2.46. The van der Waals surface area contributed by atoms with E-state index in [0.29, 0.717) is 13.0 Å². The van der Waals surface area contributed by atoms with Gasteiger partial charge in [0, 0.05) is 12.7 Å². The number of nitriles is 1. The second-order valence-electron chi connectivity index (χ2n) is 5.80. The van der Waals surface area contributed by atoms with Crippen molar-refractivity contribution in [1.29, 1.82) is 5.26 Å². The van der Waals surface area contributed by atoms with Gasteiger partial charge in [0.25, 0.3) is 5.91 Å². The molecule has 0 heterocycles. The Labute approximate surface area is 155 Å². The van der Waals surface area contributed by atoms with Gasteiger partial charge in [0.2, 0.25) is 0 Å². The molecule has 0 saturated carbocycles. The number of halogens is 3. The number of hydrogen-bond acceptors (Lipinski definition) is 3. The van der Waals surface area contributed by atoms with Crippen LogP contribution in [0.3, 0.4) is 0 Å². The summed E-state index contributed by atoms with van der Waals surface area (Å²) in [5.74, 6) is -0.905. The predicted octanol–water partition coefficient (Wildman–Crippen LogP) is 4.19. The molecular formula is C20H18F3N3O. The highest BCUT2D eigenvalue weighted by Gasteiger charge is 2.33. The van der Waals surface area contributed by atoms with E-state index in [1.165, 1.54) is 18.3 Å². The number of carbonyl (C=O) groups excluding carboxylic acids is 1. The van der Waals surface area contributed by atoms with Crippen molar-refractivity contribution in [3.63, 3.8) is 0 Å². The van der Waals surface area contributed by atoms with E-state index in [2.05, 4.69) is 10.6 Å². The first kappa shape index (κ1) is 20.0. The van der Waals surface area contributed by atoms with Gasteiger partial charge in [0.15, 0.2) is 0 Å². The molecule has 7 heteroatoms. The molecule has 0 aliphatic rings. The maximum Gasteiger partial charge on any atom is 0.418 e. The molecule has 0 spiro atoms. The van der Waals surface area contributed by atoms with Crippen LogP contribution in [0.25, 0.3) is 0 Å². The molecule has 0 saturated heterocycles. The Kier molecular flexibility index (Phi) is 6.61. The first-order valence-corrected chi connectivity index (χ1v) is 8.18. The van der Waals surface area contributed by atoms with E-state index in [4.69, 9.17) is 5.26 Å². The van der Waals surface area contributed by atoms with Crippen molar-refractivity contribution in [1.82, 2.24) is 5.32 Å². The molecule has 0 aliphatic carbocycles. The third-order valence-electron chi connectivity index (χ3n) is 3.89. The van der Waals surface area contributed by atoms with Crippen LogP contribution in [0.4, 0.5) is 18.9 Å². The van der Waals surface area contributed by atoms with Gasteiger partial charge in [-0.3, -0.25) is 4.79 Å². The lowest BCUT2D eigenvalue weighted by atomic mass is 10.1. The molecule has 1 amide bonds. The van der Waals surface area contributed by atoms with Gasteiger partial charge in [-0.15, -0.1) is 0 Å². The van der Waals surface area contributed by atoms with E-state index >= 15 is 0 Å². The minimum Gasteiger partial charge on any atom is -0.389 e. The molecule has 0 aliphatic heterocycles. The highest BCUT2D eigenvalue weighted by atomic mass is 19.4. The Morgan fingerprint density at radius 3 is 2.48 bits per heavy atom. The lowest BCUT2D eigenvalue weighted by Crippen LogP contribution is -2.20. The zero-order chi connectivity index (χ0) is 19.9. The molecule has 2 aromatic rings. The quantitative estimate of drug-likeness (QED) is 0.453. The average Bonchev–Trinajstić information content (AvgIpc) is 2.62. The normalized spacial score (nSPS) is 11.6. The van der Waals surface area contributed by atoms with Gasteiger partial charge in [-0.2, -0.15) is 18.4 Å². The van der Waals surface area contributed by atoms with Gasteiger partial charge < -0.3 is 10.6 Å². The van der Waals surface area contributed by atoms with Crippen LogP contribution < -0.4 is 10.6 Å². The molecule has 0 unspecified atom stereocenters. The Morgan fingerprint density at radius 2 is 1.81 bits per heavy atom. The third-order valence-corrected chi connectivity index (χ3v) is 3.89. The summed E-state index contributed by atoms with van der Waals surface area (Å²) in [6, 6.07) is 14.1. The number of carbonyl (C=O) groups is 1. The van der Waals surface area contributed by atoms with Crippen molar-refractivity contribution in [3.05, 3.63) is 77.0 Å². The SMILES string of the molecule is Cc1ccccc1CCN/C=C(/C#N)C(=O)Nc1ccccc1C(F)(F)F. The summed E-state index contributed by atoms with van der Waals surface area (Å²) in [7, 11) is 0. The molecule has 2 N–H and O–H groups in total. The van der Waals surface area contributed by atoms with Gasteiger partial charge in [-0.05, 0) is 36.6 Å². The zero-order valence-corrected chi connectivity index (χ0v) is 14.6. The topological polar surface area (TPSA) is 64.9 Å². The number of hydrogen-bond donors (Lipinski definition) is 2. The molecule has 4 nitrogen and oxygen atoms in total. The summed E-state index contributed by atoms with van der Waals surface area (Å²) in [4.78, 5) is 12.1. The van der Waals surface area contributed by atoms with E-state index in [1.54, 1.807) is 6.07 Å². The standard InChI is InChI=1S/C20H18F3N3O/c1-14-6-2-3-7-15(14)10-11-25-13-16(12-24)19(27)26-18-9-5-4-8-17(18)20(21,22)23/h2-9,13,25H,10-11H2,1H3,(H,26,27)/b16-13-. The van der Waals surface area contributed by atoms with Crippen LogP contribution in [-0.2, 0) is 17.4 Å². The average molecular weight is 373 g/mol. The van der Waals surface area contributed by atoms with Crippen molar-refractivity contribution in [3.8, 4) is 6.07 Å². The Hall–Kier alpha value is -3.27. The third kappa shape index (κ3) is 5.61. The first-order valence-electron chi connectivity index (χ1n) is 8.18. The maximum atomic E-state index is 13.0. The van der Waals surface area contributed by atoms with E-state index in [1.807, 2.05) is 31.2 Å². The van der Waals surface area contributed by atoms with E-state index < -0.39 is 23.3 Å². The fraction of sp³-hybridized carbons (Fsp3) is 0.200. The van der Waals surface area contributed by atoms with Crippen molar-refractivity contribution >= 4 is 11.6 Å². The van der Waals surface area contributed by atoms with Crippen molar-refractivity contribution < 1.29 is 18.0 Å². The lowest BCUT2D eigenvalue weighted by molar-refractivity contribution is -0.137. The Morgan fingerprint density at radius 1 is 1.15 bits per heavy atom. The maximum absolute atomic E-state index is 13.0. The molecule has 0 atom stereocenters. The van der Waals surface area contributed by atoms with E-state index in [9.17, 15) is 18.0 Å². The number of amides is 1. The van der Waals surface area contributed by atoms with Crippen LogP contribution in [0.2, 0.25) is 0 Å². The van der Waals surface area contributed by atoms with E-state index in [-0.39, 0.29) is 5.57 Å². The van der Waals surface area contributed by atoms with Crippen LogP contribution >= 0.6 is 0 Å². The molecule has 0 bridgehead atoms. The molecule has 2 aromatic carbocycles. The Balaban J connectivity index is 2.01. The minimum atomic E-state index is -4.60. The van der Waals surface area contributed by atoms with Crippen LogP contribution in [0.1, 0.15) is 16.7 Å². The number of rotatable bonds is 6. The molecule has 27 heavy (non-hydrogen) atoms. The Bertz CT molecular complexity index is 883. The number of para-hydroxylation sites is 1. The summed E-state index contributed by atoms with van der Waals surface area (Å²) in [5, 5.41) is 14.1. The number of aryl methyl sites for hydroxylation is 1. The lowest BCUT2D eigenvalue weighted by Gasteiger charge is -2.13. The van der Waals surface area contributed by atoms with Crippen LogP contribution in [0.5, 0.6) is 0 Å². The van der Waals surface area contributed by atoms with Gasteiger partial charge in [0.05, 0.1) is 11.3 Å². The summed E-state index contributed by atoms with van der Waals surface area (Å²) in [5.41, 5.74) is 0.585. The van der Waals surface area contributed by atoms with Gasteiger partial charge in [0.1, 0.15) is 11.6 Å². The van der Waals surface area contributed by atoms with Gasteiger partial charge in [-0.1, -0.05) is 36.4 Å². The molecule has 0 fully saturated rings. The smallest absolute Gasteiger partial charge is 0.389 e. The largest absolute Gasteiger partial charge is 0.418 e. The van der Waals surface area contributed by atoms with Gasteiger partial charge in [-0.25, -0.2) is 0 Å². The predicted molar refractivity (Wildman–Crippen MR) is 96.7 cm³/mol. The highest BCUT2D eigenvalue weighted by molar-refractivity contribution is 6.06. The van der Waals surface area contributed by atoms with Crippen LogP contribution in [0, 0.1) is 18.3 Å².